The Balaban J connectivity index is 1.69. The van der Waals surface area contributed by atoms with Crippen LogP contribution in [-0.2, 0) is 4.74 Å². The van der Waals surface area contributed by atoms with Gasteiger partial charge in [-0.05, 0) is 12.1 Å². The fourth-order valence-corrected chi connectivity index (χ4v) is 3.34. The van der Waals surface area contributed by atoms with Gasteiger partial charge in [0.2, 0.25) is 0 Å². The van der Waals surface area contributed by atoms with Gasteiger partial charge in [-0.3, -0.25) is 4.79 Å². The number of benzene rings is 1. The standard InChI is InChI=1S/C17H23N3O4/c1-23-10-9-19-12-13-11-18(7-8-20(13)17(19)22)16(21)14-5-3-4-6-15(14)24-2/h3-6,13H,7-12H2,1-2H3. The van der Waals surface area contributed by atoms with Crippen LogP contribution in [0.4, 0.5) is 4.79 Å². The van der Waals surface area contributed by atoms with E-state index in [1.165, 1.54) is 0 Å². The van der Waals surface area contributed by atoms with Crippen molar-refractivity contribution in [1.82, 2.24) is 14.7 Å². The SMILES string of the molecule is COCCN1CC2CN(C(=O)c3ccccc3OC)CCN2C1=O. The van der Waals surface area contributed by atoms with Crippen molar-refractivity contribution in [1.29, 1.82) is 0 Å². The number of hydrogen-bond acceptors (Lipinski definition) is 4. The highest BCUT2D eigenvalue weighted by molar-refractivity contribution is 5.97. The van der Waals surface area contributed by atoms with Crippen molar-refractivity contribution in [3.63, 3.8) is 0 Å². The summed E-state index contributed by atoms with van der Waals surface area (Å²) in [4.78, 5) is 30.6. The van der Waals surface area contributed by atoms with Crippen LogP contribution in [0.3, 0.4) is 0 Å². The molecule has 0 bridgehead atoms. The van der Waals surface area contributed by atoms with Crippen LogP contribution in [0.5, 0.6) is 5.75 Å². The Morgan fingerprint density at radius 2 is 2.00 bits per heavy atom. The topological polar surface area (TPSA) is 62.3 Å². The predicted molar refractivity (Wildman–Crippen MR) is 88.2 cm³/mol. The normalized spacial score (nSPS) is 20.3. The molecule has 3 amide bonds. The summed E-state index contributed by atoms with van der Waals surface area (Å²) < 4.78 is 10.3. The molecule has 1 aromatic rings. The molecule has 0 saturated carbocycles. The van der Waals surface area contributed by atoms with Gasteiger partial charge in [-0.2, -0.15) is 0 Å². The Hall–Kier alpha value is -2.28. The lowest BCUT2D eigenvalue weighted by molar-refractivity contribution is 0.0613. The van der Waals surface area contributed by atoms with E-state index >= 15 is 0 Å². The molecule has 0 aromatic heterocycles. The number of urea groups is 1. The van der Waals surface area contributed by atoms with E-state index < -0.39 is 0 Å². The number of ether oxygens (including phenoxy) is 2. The Kier molecular flexibility index (Phi) is 4.89. The molecular formula is C17H23N3O4. The summed E-state index contributed by atoms with van der Waals surface area (Å²) in [6.07, 6.45) is 0. The van der Waals surface area contributed by atoms with Gasteiger partial charge in [0.1, 0.15) is 5.75 Å². The van der Waals surface area contributed by atoms with Gasteiger partial charge in [0.25, 0.3) is 5.91 Å². The minimum atomic E-state index is -0.0464. The first kappa shape index (κ1) is 16.6. The van der Waals surface area contributed by atoms with E-state index in [0.717, 1.165) is 0 Å². The number of hydrogen-bond donors (Lipinski definition) is 0. The summed E-state index contributed by atoms with van der Waals surface area (Å²) >= 11 is 0. The molecular weight excluding hydrogens is 310 g/mol. The maximum absolute atomic E-state index is 12.8. The molecule has 0 radical (unpaired) electrons. The number of piperazine rings is 1. The first-order valence-corrected chi connectivity index (χ1v) is 8.12. The van der Waals surface area contributed by atoms with Crippen molar-refractivity contribution in [3.05, 3.63) is 29.8 Å². The summed E-state index contributed by atoms with van der Waals surface area (Å²) in [5.41, 5.74) is 0.564. The highest BCUT2D eigenvalue weighted by Gasteiger charge is 2.41. The van der Waals surface area contributed by atoms with Crippen molar-refractivity contribution in [2.45, 2.75) is 6.04 Å². The van der Waals surface area contributed by atoms with Crippen LogP contribution >= 0.6 is 0 Å². The summed E-state index contributed by atoms with van der Waals surface area (Å²) in [5, 5.41) is 0. The van der Waals surface area contributed by atoms with E-state index in [9.17, 15) is 9.59 Å². The molecule has 2 fully saturated rings. The predicted octanol–water partition coefficient (Wildman–Crippen LogP) is 0.904. The average molecular weight is 333 g/mol. The van der Waals surface area contributed by atoms with Crippen LogP contribution in [0.2, 0.25) is 0 Å². The number of carbonyl (C=O) groups excluding carboxylic acids is 2. The van der Waals surface area contributed by atoms with Crippen LogP contribution in [0.1, 0.15) is 10.4 Å². The van der Waals surface area contributed by atoms with Gasteiger partial charge in [-0.1, -0.05) is 12.1 Å². The van der Waals surface area contributed by atoms with E-state index in [-0.39, 0.29) is 18.0 Å². The zero-order valence-electron chi connectivity index (χ0n) is 14.1. The van der Waals surface area contributed by atoms with E-state index in [0.29, 0.717) is 50.6 Å². The van der Waals surface area contributed by atoms with Crippen LogP contribution in [0, 0.1) is 0 Å². The number of rotatable bonds is 5. The molecule has 0 N–H and O–H groups in total. The fraction of sp³-hybridized carbons (Fsp3) is 0.529. The van der Waals surface area contributed by atoms with Crippen LogP contribution < -0.4 is 4.74 Å². The molecule has 1 unspecified atom stereocenters. The molecule has 0 aliphatic carbocycles. The van der Waals surface area contributed by atoms with Gasteiger partial charge in [-0.15, -0.1) is 0 Å². The van der Waals surface area contributed by atoms with Crippen LogP contribution in [0.25, 0.3) is 0 Å². The smallest absolute Gasteiger partial charge is 0.320 e. The van der Waals surface area contributed by atoms with Gasteiger partial charge < -0.3 is 24.2 Å². The van der Waals surface area contributed by atoms with Crippen molar-refractivity contribution in [2.75, 3.05) is 53.6 Å². The third-order valence-corrected chi connectivity index (χ3v) is 4.62. The Labute approximate surface area is 141 Å². The molecule has 2 heterocycles. The fourth-order valence-electron chi connectivity index (χ4n) is 3.34. The maximum atomic E-state index is 12.8. The van der Waals surface area contributed by atoms with E-state index in [4.69, 9.17) is 9.47 Å². The first-order valence-electron chi connectivity index (χ1n) is 8.12. The monoisotopic (exact) mass is 333 g/mol. The lowest BCUT2D eigenvalue weighted by Gasteiger charge is -2.36. The van der Waals surface area contributed by atoms with E-state index in [1.807, 2.05) is 21.9 Å². The van der Waals surface area contributed by atoms with E-state index in [1.54, 1.807) is 31.3 Å². The van der Waals surface area contributed by atoms with Crippen molar-refractivity contribution in [2.24, 2.45) is 0 Å². The molecule has 2 aliphatic rings. The number of para-hydroxylation sites is 1. The summed E-state index contributed by atoms with van der Waals surface area (Å²) in [5.74, 6) is 0.532. The number of nitrogens with zero attached hydrogens (tertiary/aromatic N) is 3. The van der Waals surface area contributed by atoms with Gasteiger partial charge >= 0.3 is 6.03 Å². The first-order chi connectivity index (χ1) is 11.7. The molecule has 0 spiro atoms. The van der Waals surface area contributed by atoms with Crippen LogP contribution in [-0.4, -0.2) is 86.2 Å². The molecule has 7 nitrogen and oxygen atoms in total. The summed E-state index contributed by atoms with van der Waals surface area (Å²) in [6, 6.07) is 7.32. The number of fused-ring (bicyclic) bond motifs is 1. The van der Waals surface area contributed by atoms with Gasteiger partial charge in [-0.25, -0.2) is 4.79 Å². The Morgan fingerprint density at radius 3 is 2.75 bits per heavy atom. The van der Waals surface area contributed by atoms with Crippen LogP contribution in [0.15, 0.2) is 24.3 Å². The highest BCUT2D eigenvalue weighted by atomic mass is 16.5. The quantitative estimate of drug-likeness (QED) is 0.803. The third kappa shape index (κ3) is 3.03. The molecule has 7 heteroatoms. The van der Waals surface area contributed by atoms with E-state index in [2.05, 4.69) is 0 Å². The number of carbonyl (C=O) groups is 2. The average Bonchev–Trinajstić information content (AvgIpc) is 2.94. The van der Waals surface area contributed by atoms with Gasteiger partial charge in [0, 0.05) is 39.8 Å². The number of amides is 3. The Morgan fingerprint density at radius 1 is 1.21 bits per heavy atom. The lowest BCUT2D eigenvalue weighted by Crippen LogP contribution is -2.53. The van der Waals surface area contributed by atoms with Crippen molar-refractivity contribution < 1.29 is 19.1 Å². The van der Waals surface area contributed by atoms with Crippen molar-refractivity contribution >= 4 is 11.9 Å². The molecule has 2 saturated heterocycles. The maximum Gasteiger partial charge on any atom is 0.320 e. The second kappa shape index (κ2) is 7.09. The number of methoxy groups -OCH3 is 2. The molecule has 1 aromatic carbocycles. The summed E-state index contributed by atoms with van der Waals surface area (Å²) in [6.45, 7) is 3.40. The Bertz CT molecular complexity index is 622. The van der Waals surface area contributed by atoms with Gasteiger partial charge in [0.15, 0.2) is 0 Å². The lowest BCUT2D eigenvalue weighted by atomic mass is 10.1. The zero-order valence-corrected chi connectivity index (χ0v) is 14.1. The molecule has 1 atom stereocenters. The third-order valence-electron chi connectivity index (χ3n) is 4.62. The van der Waals surface area contributed by atoms with Gasteiger partial charge in [0.05, 0.1) is 25.3 Å². The molecule has 130 valence electrons. The van der Waals surface area contributed by atoms with Crippen molar-refractivity contribution in [3.8, 4) is 5.75 Å². The highest BCUT2D eigenvalue weighted by Crippen LogP contribution is 2.24. The second-order valence-corrected chi connectivity index (χ2v) is 6.02. The zero-order chi connectivity index (χ0) is 17.1. The molecule has 2 aliphatic heterocycles. The summed E-state index contributed by atoms with van der Waals surface area (Å²) in [7, 11) is 3.19. The minimum Gasteiger partial charge on any atom is -0.496 e. The second-order valence-electron chi connectivity index (χ2n) is 6.02. The largest absolute Gasteiger partial charge is 0.496 e. The minimum absolute atomic E-state index is 0.0430. The molecule has 24 heavy (non-hydrogen) atoms. The molecule has 3 rings (SSSR count).